The summed E-state index contributed by atoms with van der Waals surface area (Å²) in [6.45, 7) is 6.56. The lowest BCUT2D eigenvalue weighted by atomic mass is 9.93. The van der Waals surface area contributed by atoms with Gasteiger partial charge in [0.05, 0.1) is 11.4 Å². The van der Waals surface area contributed by atoms with Crippen LogP contribution in [0.3, 0.4) is 0 Å². The minimum Gasteiger partial charge on any atom is -0.328 e. The first-order chi connectivity index (χ1) is 9.25. The number of piperidine rings is 1. The van der Waals surface area contributed by atoms with Crippen molar-refractivity contribution >= 4 is 22.4 Å². The molecular formula is C13H25ClN4O2S. The second kappa shape index (κ2) is 6.64. The molecule has 1 fully saturated rings. The normalized spacial score (nSPS) is 21.9. The molecule has 0 aromatic carbocycles. The van der Waals surface area contributed by atoms with E-state index in [1.54, 1.807) is 29.9 Å². The van der Waals surface area contributed by atoms with E-state index in [1.165, 1.54) is 0 Å². The fourth-order valence-corrected chi connectivity index (χ4v) is 4.81. The highest BCUT2D eigenvalue weighted by Gasteiger charge is 2.34. The van der Waals surface area contributed by atoms with Crippen LogP contribution in [0.25, 0.3) is 0 Å². The number of sulfonamides is 1. The third kappa shape index (κ3) is 3.41. The molecule has 1 aromatic heterocycles. The first kappa shape index (κ1) is 18.4. The van der Waals surface area contributed by atoms with Gasteiger partial charge in [0.15, 0.2) is 0 Å². The van der Waals surface area contributed by atoms with E-state index in [2.05, 4.69) is 5.10 Å². The second-order valence-corrected chi connectivity index (χ2v) is 7.62. The van der Waals surface area contributed by atoms with Crippen LogP contribution in [0.5, 0.6) is 0 Å². The molecule has 2 N–H and O–H groups in total. The maximum absolute atomic E-state index is 12.8. The highest BCUT2D eigenvalue weighted by molar-refractivity contribution is 7.89. The molecule has 0 bridgehead atoms. The fraction of sp³-hybridized carbons (Fsp3) is 0.769. The van der Waals surface area contributed by atoms with E-state index in [0.717, 1.165) is 12.8 Å². The zero-order valence-electron chi connectivity index (χ0n) is 13.0. The van der Waals surface area contributed by atoms with Gasteiger partial charge in [0, 0.05) is 26.2 Å². The Labute approximate surface area is 133 Å². The van der Waals surface area contributed by atoms with E-state index in [-0.39, 0.29) is 24.4 Å². The summed E-state index contributed by atoms with van der Waals surface area (Å²) < 4.78 is 28.9. The Bertz CT molecular complexity index is 598. The summed E-state index contributed by atoms with van der Waals surface area (Å²) in [6, 6.07) is 0.0177. The molecule has 0 spiro atoms. The van der Waals surface area contributed by atoms with Crippen molar-refractivity contribution in [2.75, 3.05) is 13.1 Å². The van der Waals surface area contributed by atoms with Crippen LogP contribution < -0.4 is 5.73 Å². The number of hydrogen-bond donors (Lipinski definition) is 1. The largest absolute Gasteiger partial charge is 0.328 e. The third-order valence-corrected chi connectivity index (χ3v) is 6.32. The zero-order chi connectivity index (χ0) is 15.1. The Morgan fingerprint density at radius 3 is 2.48 bits per heavy atom. The Balaban J connectivity index is 0.00000220. The molecule has 122 valence electrons. The van der Waals surface area contributed by atoms with Crippen LogP contribution in [0.15, 0.2) is 4.90 Å². The van der Waals surface area contributed by atoms with Crippen molar-refractivity contribution in [2.24, 2.45) is 18.7 Å². The molecule has 2 rings (SSSR count). The van der Waals surface area contributed by atoms with Crippen molar-refractivity contribution in [1.29, 1.82) is 0 Å². The van der Waals surface area contributed by atoms with Gasteiger partial charge >= 0.3 is 0 Å². The van der Waals surface area contributed by atoms with Crippen molar-refractivity contribution < 1.29 is 8.42 Å². The Hall–Kier alpha value is -0.630. The van der Waals surface area contributed by atoms with E-state index < -0.39 is 10.0 Å². The molecule has 21 heavy (non-hydrogen) atoms. The molecule has 2 atom stereocenters. The number of nitrogens with two attached hydrogens (primary N) is 1. The molecule has 0 radical (unpaired) electrons. The van der Waals surface area contributed by atoms with Crippen LogP contribution in [-0.4, -0.2) is 41.6 Å². The monoisotopic (exact) mass is 336 g/mol. The van der Waals surface area contributed by atoms with Crippen LogP contribution >= 0.6 is 12.4 Å². The lowest BCUT2D eigenvalue weighted by Crippen LogP contribution is -2.45. The average Bonchev–Trinajstić information content (AvgIpc) is 2.63. The summed E-state index contributed by atoms with van der Waals surface area (Å²) in [6.07, 6.45) is 1.86. The lowest BCUT2D eigenvalue weighted by molar-refractivity contribution is 0.243. The van der Waals surface area contributed by atoms with E-state index >= 15 is 0 Å². The minimum atomic E-state index is -3.47. The summed E-state index contributed by atoms with van der Waals surface area (Å²) in [7, 11) is -1.71. The summed E-state index contributed by atoms with van der Waals surface area (Å²) in [5.41, 5.74) is 7.19. The van der Waals surface area contributed by atoms with Crippen molar-refractivity contribution in [1.82, 2.24) is 14.1 Å². The van der Waals surface area contributed by atoms with Crippen LogP contribution in [-0.2, 0) is 17.1 Å². The number of rotatable bonds is 3. The van der Waals surface area contributed by atoms with Crippen LogP contribution in [0.2, 0.25) is 0 Å². The quantitative estimate of drug-likeness (QED) is 0.899. The molecule has 1 aliphatic heterocycles. The zero-order valence-corrected chi connectivity index (χ0v) is 14.7. The van der Waals surface area contributed by atoms with Gasteiger partial charge in [0.25, 0.3) is 0 Å². The number of hydrogen-bond acceptors (Lipinski definition) is 4. The number of halogens is 1. The molecular weight excluding hydrogens is 312 g/mol. The fourth-order valence-electron chi connectivity index (χ4n) is 2.88. The Morgan fingerprint density at radius 2 is 2.00 bits per heavy atom. The van der Waals surface area contributed by atoms with Gasteiger partial charge in [-0.25, -0.2) is 8.42 Å². The summed E-state index contributed by atoms with van der Waals surface area (Å²) in [5.74, 6) is 0.232. The molecule has 0 aliphatic carbocycles. The first-order valence-corrected chi connectivity index (χ1v) is 8.45. The van der Waals surface area contributed by atoms with Crippen molar-refractivity contribution in [2.45, 2.75) is 44.6 Å². The SMILES string of the molecule is Cc1nn(C)c(C)c1S(=O)(=O)N1CCCC(C(C)N)C1.Cl. The second-order valence-electron chi connectivity index (χ2n) is 5.75. The summed E-state index contributed by atoms with van der Waals surface area (Å²) in [4.78, 5) is 0.352. The number of aryl methyl sites for hydroxylation is 2. The summed E-state index contributed by atoms with van der Waals surface area (Å²) >= 11 is 0. The predicted molar refractivity (Wildman–Crippen MR) is 85.1 cm³/mol. The van der Waals surface area contributed by atoms with Crippen LogP contribution in [0.4, 0.5) is 0 Å². The number of nitrogens with zero attached hydrogens (tertiary/aromatic N) is 3. The molecule has 6 nitrogen and oxygen atoms in total. The van der Waals surface area contributed by atoms with Gasteiger partial charge in [-0.15, -0.1) is 12.4 Å². The molecule has 1 saturated heterocycles. The maximum atomic E-state index is 12.8. The maximum Gasteiger partial charge on any atom is 0.246 e. The Morgan fingerprint density at radius 1 is 1.38 bits per heavy atom. The van der Waals surface area contributed by atoms with Gasteiger partial charge in [0.1, 0.15) is 4.90 Å². The predicted octanol–water partition coefficient (Wildman–Crippen LogP) is 1.21. The highest BCUT2D eigenvalue weighted by atomic mass is 35.5. The van der Waals surface area contributed by atoms with E-state index in [0.29, 0.717) is 29.4 Å². The average molecular weight is 337 g/mol. The van der Waals surface area contributed by atoms with E-state index in [1.807, 2.05) is 6.92 Å². The van der Waals surface area contributed by atoms with Crippen molar-refractivity contribution in [3.8, 4) is 0 Å². The standard InChI is InChI=1S/C13H24N4O2S.ClH/c1-9(14)12-6-5-7-17(8-12)20(18,19)13-10(2)15-16(4)11(13)3;/h9,12H,5-8,14H2,1-4H3;1H. The molecule has 1 aromatic rings. The van der Waals surface area contributed by atoms with Crippen LogP contribution in [0, 0.1) is 19.8 Å². The smallest absolute Gasteiger partial charge is 0.246 e. The van der Waals surface area contributed by atoms with Gasteiger partial charge in [-0.3, -0.25) is 4.68 Å². The van der Waals surface area contributed by atoms with Gasteiger partial charge in [-0.1, -0.05) is 0 Å². The molecule has 2 heterocycles. The topological polar surface area (TPSA) is 81.2 Å². The lowest BCUT2D eigenvalue weighted by Gasteiger charge is -2.33. The summed E-state index contributed by atoms with van der Waals surface area (Å²) in [5, 5.41) is 4.21. The van der Waals surface area contributed by atoms with Gasteiger partial charge in [0.2, 0.25) is 10.0 Å². The van der Waals surface area contributed by atoms with Gasteiger partial charge in [-0.2, -0.15) is 9.40 Å². The third-order valence-electron chi connectivity index (χ3n) is 4.20. The number of aromatic nitrogens is 2. The Kier molecular flexibility index (Phi) is 5.83. The molecule has 0 amide bonds. The minimum absolute atomic E-state index is 0. The van der Waals surface area contributed by atoms with Crippen molar-refractivity contribution in [3.63, 3.8) is 0 Å². The van der Waals surface area contributed by atoms with Crippen molar-refractivity contribution in [3.05, 3.63) is 11.4 Å². The van der Waals surface area contributed by atoms with Gasteiger partial charge in [-0.05, 0) is 39.5 Å². The highest BCUT2D eigenvalue weighted by Crippen LogP contribution is 2.28. The molecule has 8 heteroatoms. The van der Waals surface area contributed by atoms with E-state index in [4.69, 9.17) is 5.73 Å². The first-order valence-electron chi connectivity index (χ1n) is 7.01. The van der Waals surface area contributed by atoms with E-state index in [9.17, 15) is 8.42 Å². The van der Waals surface area contributed by atoms with Gasteiger partial charge < -0.3 is 5.73 Å². The molecule has 1 aliphatic rings. The van der Waals surface area contributed by atoms with Crippen LogP contribution in [0.1, 0.15) is 31.2 Å². The molecule has 2 unspecified atom stereocenters. The molecule has 0 saturated carbocycles.